The van der Waals surface area contributed by atoms with Crippen LogP contribution < -0.4 is 5.32 Å². The van der Waals surface area contributed by atoms with Gasteiger partial charge in [0.05, 0.1) is 25.4 Å². The fraction of sp³-hybridized carbons (Fsp3) is 0.949. The Labute approximate surface area is 527 Å². The Hall–Kier alpha value is -1.40. The van der Waals surface area contributed by atoms with Crippen molar-refractivity contribution >= 4 is 11.9 Å². The van der Waals surface area contributed by atoms with Crippen LogP contribution in [0.2, 0.25) is 0 Å². The average molecular weight is 1190 g/mol. The van der Waals surface area contributed by atoms with E-state index in [-0.39, 0.29) is 18.5 Å². The molecule has 0 aliphatic carbocycles. The van der Waals surface area contributed by atoms with E-state index >= 15 is 0 Å². The summed E-state index contributed by atoms with van der Waals surface area (Å²) in [5.41, 5.74) is 0. The minimum absolute atomic E-state index is 0.0246. The van der Waals surface area contributed by atoms with Crippen LogP contribution >= 0.6 is 0 Å². The van der Waals surface area contributed by atoms with E-state index in [1.165, 1.54) is 385 Å². The van der Waals surface area contributed by atoms with Gasteiger partial charge in [-0.1, -0.05) is 418 Å². The van der Waals surface area contributed by atoms with Crippen molar-refractivity contribution in [3.8, 4) is 0 Å². The molecule has 0 aliphatic heterocycles. The minimum atomic E-state index is -0.843. The van der Waals surface area contributed by atoms with Gasteiger partial charge in [0, 0.05) is 12.8 Å². The molecule has 0 heterocycles. The van der Waals surface area contributed by atoms with Gasteiger partial charge < -0.3 is 20.3 Å². The number of rotatable bonds is 74. The molecule has 0 aromatic heterocycles. The number of unbranched alkanes of at least 4 members (excludes halogenated alkanes) is 63. The lowest BCUT2D eigenvalue weighted by Crippen LogP contribution is -2.45. The van der Waals surface area contributed by atoms with E-state index in [2.05, 4.69) is 19.2 Å². The van der Waals surface area contributed by atoms with Gasteiger partial charge in [-0.25, -0.2) is 0 Å². The molecule has 2 unspecified atom stereocenters. The van der Waals surface area contributed by atoms with E-state index in [9.17, 15) is 19.8 Å². The Morgan fingerprint density at radius 3 is 0.810 bits per heavy atom. The van der Waals surface area contributed by atoms with Crippen LogP contribution in [0.1, 0.15) is 450 Å². The molecule has 6 nitrogen and oxygen atoms in total. The molecular formula is C78H153NO5. The van der Waals surface area contributed by atoms with Crippen molar-refractivity contribution in [1.29, 1.82) is 0 Å². The second kappa shape index (κ2) is 74.1. The monoisotopic (exact) mass is 1180 g/mol. The number of hydrogen-bond donors (Lipinski definition) is 3. The second-order valence-corrected chi connectivity index (χ2v) is 27.1. The molecule has 0 bridgehead atoms. The summed E-state index contributed by atoms with van der Waals surface area (Å²) in [5, 5.41) is 23.3. The topological polar surface area (TPSA) is 95.9 Å². The quantitative estimate of drug-likeness (QED) is 0.0320. The zero-order chi connectivity index (χ0) is 60.6. The van der Waals surface area contributed by atoms with E-state index < -0.39 is 12.1 Å². The number of allylic oxidation sites excluding steroid dienone is 1. The molecule has 84 heavy (non-hydrogen) atoms. The lowest BCUT2D eigenvalue weighted by molar-refractivity contribution is -0.143. The number of amides is 1. The SMILES string of the molecule is CCCCCCCCCCCCCCCCCCCC/C=C/C(O)C(CO)NC(=O)CCCCCCCCCCCCCCCCCCCCCCCCCCCCCCOC(=O)CCCCCCCCCCCCCCCCCCCCC. The number of carbonyl (C=O) groups excluding carboxylic acids is 2. The van der Waals surface area contributed by atoms with Crippen molar-refractivity contribution in [2.24, 2.45) is 0 Å². The highest BCUT2D eigenvalue weighted by Gasteiger charge is 2.18. The number of nitrogens with one attached hydrogen (secondary N) is 1. The molecule has 0 aromatic rings. The molecule has 3 N–H and O–H groups in total. The maximum Gasteiger partial charge on any atom is 0.305 e. The molecule has 500 valence electrons. The van der Waals surface area contributed by atoms with Gasteiger partial charge in [0.15, 0.2) is 0 Å². The molecule has 0 saturated carbocycles. The lowest BCUT2D eigenvalue weighted by Gasteiger charge is -2.20. The number of esters is 1. The summed E-state index contributed by atoms with van der Waals surface area (Å²) >= 11 is 0. The van der Waals surface area contributed by atoms with Gasteiger partial charge in [-0.2, -0.15) is 0 Å². The maximum absolute atomic E-state index is 12.5. The predicted molar refractivity (Wildman–Crippen MR) is 370 cm³/mol. The molecule has 0 radical (unpaired) electrons. The molecule has 2 atom stereocenters. The molecule has 0 saturated heterocycles. The summed E-state index contributed by atoms with van der Waals surface area (Å²) in [6.45, 7) is 4.97. The summed E-state index contributed by atoms with van der Waals surface area (Å²) in [6.07, 6.45) is 93.2. The van der Waals surface area contributed by atoms with Crippen LogP contribution in [-0.2, 0) is 14.3 Å². The van der Waals surface area contributed by atoms with Gasteiger partial charge in [0.1, 0.15) is 0 Å². The number of hydrogen-bond acceptors (Lipinski definition) is 5. The third-order valence-corrected chi connectivity index (χ3v) is 18.6. The molecule has 0 fully saturated rings. The zero-order valence-electron chi connectivity index (χ0n) is 57.4. The van der Waals surface area contributed by atoms with Gasteiger partial charge in [0.25, 0.3) is 0 Å². The van der Waals surface area contributed by atoms with Crippen molar-refractivity contribution < 1.29 is 24.5 Å². The van der Waals surface area contributed by atoms with Crippen molar-refractivity contribution in [1.82, 2.24) is 5.32 Å². The fourth-order valence-corrected chi connectivity index (χ4v) is 12.6. The van der Waals surface area contributed by atoms with Crippen LogP contribution in [-0.4, -0.2) is 47.4 Å². The van der Waals surface area contributed by atoms with Crippen molar-refractivity contribution in [3.63, 3.8) is 0 Å². The van der Waals surface area contributed by atoms with Gasteiger partial charge in [-0.3, -0.25) is 9.59 Å². The first-order valence-electron chi connectivity index (χ1n) is 39.0. The van der Waals surface area contributed by atoms with Gasteiger partial charge in [-0.05, 0) is 32.1 Å². The van der Waals surface area contributed by atoms with E-state index in [0.29, 0.717) is 19.4 Å². The molecule has 0 aromatic carbocycles. The molecule has 0 spiro atoms. The summed E-state index contributed by atoms with van der Waals surface area (Å²) in [4.78, 5) is 24.7. The number of aliphatic hydroxyl groups excluding tert-OH is 2. The van der Waals surface area contributed by atoms with E-state index in [0.717, 1.165) is 38.5 Å². The van der Waals surface area contributed by atoms with Crippen molar-refractivity contribution in [3.05, 3.63) is 12.2 Å². The van der Waals surface area contributed by atoms with Crippen LogP contribution in [0, 0.1) is 0 Å². The van der Waals surface area contributed by atoms with Gasteiger partial charge in [0.2, 0.25) is 5.91 Å². The van der Waals surface area contributed by atoms with Gasteiger partial charge >= 0.3 is 5.97 Å². The van der Waals surface area contributed by atoms with Crippen LogP contribution in [0.5, 0.6) is 0 Å². The Kier molecular flexibility index (Phi) is 72.8. The highest BCUT2D eigenvalue weighted by atomic mass is 16.5. The molecule has 0 aliphatic rings. The largest absolute Gasteiger partial charge is 0.466 e. The van der Waals surface area contributed by atoms with E-state index in [4.69, 9.17) is 4.74 Å². The first kappa shape index (κ1) is 82.6. The Balaban J connectivity index is 3.34. The number of aliphatic hydroxyl groups is 2. The van der Waals surface area contributed by atoms with E-state index in [1.807, 2.05) is 6.08 Å². The fourth-order valence-electron chi connectivity index (χ4n) is 12.6. The standard InChI is InChI=1S/C78H153NO5/c1-3-5-7-9-11-13-15-17-19-21-23-35-38-42-46-50-54-58-62-66-70-76(81)75(74-80)79-77(82)71-67-63-59-55-51-47-43-39-36-32-30-28-26-24-25-27-29-31-33-37-41-45-49-53-57-61-65-69-73-84-78(83)72-68-64-60-56-52-48-44-40-34-22-20-18-16-14-12-10-8-6-4-2/h66,70,75-76,80-81H,3-65,67-69,71-74H2,1-2H3,(H,79,82)/b70-66+. The van der Waals surface area contributed by atoms with Crippen LogP contribution in [0.4, 0.5) is 0 Å². The number of carbonyl (C=O) groups is 2. The Morgan fingerprint density at radius 1 is 0.321 bits per heavy atom. The third kappa shape index (κ3) is 69.7. The first-order valence-corrected chi connectivity index (χ1v) is 39.0. The second-order valence-electron chi connectivity index (χ2n) is 27.1. The highest BCUT2D eigenvalue weighted by molar-refractivity contribution is 5.76. The minimum Gasteiger partial charge on any atom is -0.466 e. The predicted octanol–water partition coefficient (Wildman–Crippen LogP) is 25.5. The summed E-state index contributed by atoms with van der Waals surface area (Å²) in [5.74, 6) is -0.0353. The Bertz CT molecular complexity index is 1270. The summed E-state index contributed by atoms with van der Waals surface area (Å²) in [7, 11) is 0. The van der Waals surface area contributed by atoms with Crippen LogP contribution in [0.25, 0.3) is 0 Å². The first-order chi connectivity index (χ1) is 41.5. The van der Waals surface area contributed by atoms with Gasteiger partial charge in [-0.15, -0.1) is 0 Å². The highest BCUT2D eigenvalue weighted by Crippen LogP contribution is 2.20. The third-order valence-electron chi connectivity index (χ3n) is 18.6. The molecule has 6 heteroatoms. The smallest absolute Gasteiger partial charge is 0.305 e. The van der Waals surface area contributed by atoms with Crippen molar-refractivity contribution in [2.45, 2.75) is 463 Å². The summed E-state index contributed by atoms with van der Waals surface area (Å²) in [6, 6.07) is -0.626. The van der Waals surface area contributed by atoms with Crippen molar-refractivity contribution in [2.75, 3.05) is 13.2 Å². The summed E-state index contributed by atoms with van der Waals surface area (Å²) < 4.78 is 5.52. The average Bonchev–Trinajstić information content (AvgIpc) is 3.51. The maximum atomic E-state index is 12.5. The normalized spacial score (nSPS) is 12.5. The molecular weight excluding hydrogens is 1030 g/mol. The molecule has 0 rings (SSSR count). The molecule has 1 amide bonds. The van der Waals surface area contributed by atoms with Crippen LogP contribution in [0.15, 0.2) is 12.2 Å². The van der Waals surface area contributed by atoms with Crippen LogP contribution in [0.3, 0.4) is 0 Å². The lowest BCUT2D eigenvalue weighted by atomic mass is 10.0. The Morgan fingerprint density at radius 2 is 0.548 bits per heavy atom. The van der Waals surface area contributed by atoms with E-state index in [1.54, 1.807) is 6.08 Å². The number of ether oxygens (including phenoxy) is 1. The zero-order valence-corrected chi connectivity index (χ0v) is 57.4.